The average molecular weight is 338 g/mol. The highest BCUT2D eigenvalue weighted by Gasteiger charge is 2.12. The van der Waals surface area contributed by atoms with Gasteiger partial charge in [0, 0.05) is 13.0 Å². The molecule has 0 fully saturated rings. The largest absolute Gasteiger partial charge is 0.394 e. The van der Waals surface area contributed by atoms with Crippen molar-refractivity contribution in [1.29, 1.82) is 0 Å². The third-order valence-electron chi connectivity index (χ3n) is 4.00. The molecule has 0 aliphatic rings. The highest BCUT2D eigenvalue weighted by Crippen LogP contribution is 2.12. The van der Waals surface area contributed by atoms with Gasteiger partial charge in [0.2, 0.25) is 0 Å². The number of aliphatic hydroxyl groups excluding tert-OH is 1. The zero-order valence-corrected chi connectivity index (χ0v) is 13.9. The van der Waals surface area contributed by atoms with Crippen molar-refractivity contribution in [2.75, 3.05) is 13.2 Å². The van der Waals surface area contributed by atoms with E-state index in [1.54, 1.807) is 0 Å². The molecule has 6 nitrogen and oxygen atoms in total. The van der Waals surface area contributed by atoms with Crippen LogP contribution in [0, 0.1) is 0 Å². The maximum Gasteiger partial charge on any atom is 0.315 e. The topological polar surface area (TPSA) is 90.0 Å². The molecule has 130 valence electrons. The van der Waals surface area contributed by atoms with E-state index in [0.717, 1.165) is 35.3 Å². The number of aromatic amines is 1. The van der Waals surface area contributed by atoms with Gasteiger partial charge in [-0.1, -0.05) is 42.5 Å². The Morgan fingerprint density at radius 2 is 1.88 bits per heavy atom. The van der Waals surface area contributed by atoms with Crippen LogP contribution in [0.3, 0.4) is 0 Å². The molecule has 3 rings (SSSR count). The van der Waals surface area contributed by atoms with Crippen LogP contribution in [0.1, 0.15) is 23.9 Å². The molecule has 2 aromatic carbocycles. The Hall–Kier alpha value is -2.86. The molecule has 0 bridgehead atoms. The lowest BCUT2D eigenvalue weighted by Crippen LogP contribution is -2.39. The van der Waals surface area contributed by atoms with Gasteiger partial charge < -0.3 is 20.7 Å². The third kappa shape index (κ3) is 4.58. The molecule has 1 aromatic heterocycles. The van der Waals surface area contributed by atoms with Crippen molar-refractivity contribution in [3.05, 3.63) is 66.0 Å². The van der Waals surface area contributed by atoms with E-state index >= 15 is 0 Å². The number of nitrogens with zero attached hydrogens (tertiary/aromatic N) is 1. The average Bonchev–Trinajstić information content (AvgIpc) is 3.07. The van der Waals surface area contributed by atoms with Gasteiger partial charge in [-0.25, -0.2) is 9.78 Å². The standard InChI is InChI=1S/C19H22N4O2/c24-13-17(14-7-2-1-3-8-14)23-19(25)20-12-6-11-18-21-15-9-4-5-10-16(15)22-18/h1-5,7-10,17,24H,6,11-13H2,(H,21,22)(H2,20,23,25). The first-order valence-corrected chi connectivity index (χ1v) is 8.40. The zero-order valence-electron chi connectivity index (χ0n) is 13.9. The predicted octanol–water partition coefficient (Wildman–Crippen LogP) is 2.53. The second-order valence-corrected chi connectivity index (χ2v) is 5.85. The fraction of sp³-hybridized carbons (Fsp3) is 0.263. The van der Waals surface area contributed by atoms with Crippen LogP contribution in [0.5, 0.6) is 0 Å². The first kappa shape index (κ1) is 17.0. The molecule has 0 saturated carbocycles. The lowest BCUT2D eigenvalue weighted by Gasteiger charge is -2.17. The highest BCUT2D eigenvalue weighted by atomic mass is 16.3. The summed E-state index contributed by atoms with van der Waals surface area (Å²) in [6, 6.07) is 16.6. The van der Waals surface area contributed by atoms with Crippen LogP contribution in [-0.4, -0.2) is 34.3 Å². The fourth-order valence-electron chi connectivity index (χ4n) is 2.71. The second-order valence-electron chi connectivity index (χ2n) is 5.85. The van der Waals surface area contributed by atoms with E-state index < -0.39 is 6.04 Å². The molecular formula is C19H22N4O2. The van der Waals surface area contributed by atoms with Crippen LogP contribution in [0.15, 0.2) is 54.6 Å². The van der Waals surface area contributed by atoms with Gasteiger partial charge in [0.25, 0.3) is 0 Å². The van der Waals surface area contributed by atoms with Gasteiger partial charge in [0.1, 0.15) is 5.82 Å². The number of urea groups is 1. The smallest absolute Gasteiger partial charge is 0.315 e. The van der Waals surface area contributed by atoms with Crippen LogP contribution < -0.4 is 10.6 Å². The number of hydrogen-bond acceptors (Lipinski definition) is 3. The summed E-state index contributed by atoms with van der Waals surface area (Å²) in [6.07, 6.45) is 1.54. The molecule has 1 atom stereocenters. The van der Waals surface area contributed by atoms with E-state index in [9.17, 15) is 9.90 Å². The Labute approximate surface area is 146 Å². The van der Waals surface area contributed by atoms with Crippen LogP contribution in [0.4, 0.5) is 4.79 Å². The number of carbonyl (C=O) groups is 1. The maximum atomic E-state index is 12.0. The van der Waals surface area contributed by atoms with E-state index in [2.05, 4.69) is 20.6 Å². The number of aromatic nitrogens is 2. The molecule has 25 heavy (non-hydrogen) atoms. The summed E-state index contributed by atoms with van der Waals surface area (Å²) in [5.41, 5.74) is 2.86. The van der Waals surface area contributed by atoms with Crippen molar-refractivity contribution < 1.29 is 9.90 Å². The number of fused-ring (bicyclic) bond motifs is 1. The molecule has 0 aliphatic carbocycles. The number of amides is 2. The zero-order chi connectivity index (χ0) is 17.5. The number of hydrogen-bond donors (Lipinski definition) is 4. The summed E-state index contributed by atoms with van der Waals surface area (Å²) in [6.45, 7) is 0.395. The predicted molar refractivity (Wildman–Crippen MR) is 97.2 cm³/mol. The minimum Gasteiger partial charge on any atom is -0.394 e. The molecule has 1 unspecified atom stereocenters. The SMILES string of the molecule is O=C(NCCCc1nc2ccccc2[nH]1)NC(CO)c1ccccc1. The Balaban J connectivity index is 1.43. The molecule has 4 N–H and O–H groups in total. The first-order valence-electron chi connectivity index (χ1n) is 8.40. The molecule has 0 radical (unpaired) electrons. The number of rotatable bonds is 7. The van der Waals surface area contributed by atoms with Crippen LogP contribution in [-0.2, 0) is 6.42 Å². The maximum absolute atomic E-state index is 12.0. The minimum absolute atomic E-state index is 0.142. The molecule has 3 aromatic rings. The lowest BCUT2D eigenvalue weighted by molar-refractivity contribution is 0.217. The van der Waals surface area contributed by atoms with Crippen LogP contribution >= 0.6 is 0 Å². The van der Waals surface area contributed by atoms with E-state index in [-0.39, 0.29) is 12.6 Å². The lowest BCUT2D eigenvalue weighted by atomic mass is 10.1. The summed E-state index contributed by atoms with van der Waals surface area (Å²) >= 11 is 0. The Morgan fingerprint density at radius 3 is 2.64 bits per heavy atom. The quantitative estimate of drug-likeness (QED) is 0.499. The summed E-state index contributed by atoms with van der Waals surface area (Å²) in [5.74, 6) is 0.918. The second kappa shape index (κ2) is 8.30. The van der Waals surface area contributed by atoms with Gasteiger partial charge in [-0.05, 0) is 24.1 Å². The van der Waals surface area contributed by atoms with Gasteiger partial charge in [-0.2, -0.15) is 0 Å². The van der Waals surface area contributed by atoms with Gasteiger partial charge in [-0.15, -0.1) is 0 Å². The summed E-state index contributed by atoms with van der Waals surface area (Å²) in [7, 11) is 0. The first-order chi connectivity index (χ1) is 12.3. The monoisotopic (exact) mass is 338 g/mol. The Morgan fingerprint density at radius 1 is 1.12 bits per heavy atom. The molecule has 2 amide bonds. The van der Waals surface area contributed by atoms with Crippen LogP contribution in [0.2, 0.25) is 0 Å². The minimum atomic E-state index is -0.406. The molecule has 0 aliphatic heterocycles. The molecular weight excluding hydrogens is 316 g/mol. The van der Waals surface area contributed by atoms with Gasteiger partial charge in [0.15, 0.2) is 0 Å². The molecule has 0 saturated heterocycles. The highest BCUT2D eigenvalue weighted by molar-refractivity contribution is 5.75. The van der Waals surface area contributed by atoms with Crippen molar-refractivity contribution in [3.8, 4) is 0 Å². The molecule has 6 heteroatoms. The molecule has 0 spiro atoms. The Kier molecular flexibility index (Phi) is 5.64. The van der Waals surface area contributed by atoms with E-state index in [1.165, 1.54) is 0 Å². The van der Waals surface area contributed by atoms with E-state index in [1.807, 2.05) is 54.6 Å². The van der Waals surface area contributed by atoms with Crippen molar-refractivity contribution in [1.82, 2.24) is 20.6 Å². The summed E-state index contributed by atoms with van der Waals surface area (Å²) in [5, 5.41) is 15.1. The Bertz CT molecular complexity index is 783. The van der Waals surface area contributed by atoms with Gasteiger partial charge in [-0.3, -0.25) is 0 Å². The fourth-order valence-corrected chi connectivity index (χ4v) is 2.71. The van der Waals surface area contributed by atoms with E-state index in [0.29, 0.717) is 6.54 Å². The number of carbonyl (C=O) groups excluding carboxylic acids is 1. The van der Waals surface area contributed by atoms with Crippen molar-refractivity contribution >= 4 is 17.1 Å². The normalized spacial score (nSPS) is 12.0. The number of aryl methyl sites for hydroxylation is 1. The van der Waals surface area contributed by atoms with Crippen molar-refractivity contribution in [2.45, 2.75) is 18.9 Å². The van der Waals surface area contributed by atoms with Gasteiger partial charge in [0.05, 0.1) is 23.7 Å². The molecule has 1 heterocycles. The number of para-hydroxylation sites is 2. The summed E-state index contributed by atoms with van der Waals surface area (Å²) < 4.78 is 0. The third-order valence-corrected chi connectivity index (χ3v) is 4.00. The number of imidazole rings is 1. The summed E-state index contributed by atoms with van der Waals surface area (Å²) in [4.78, 5) is 19.8. The number of benzene rings is 2. The van der Waals surface area contributed by atoms with Crippen LogP contribution in [0.25, 0.3) is 11.0 Å². The van der Waals surface area contributed by atoms with Gasteiger partial charge >= 0.3 is 6.03 Å². The number of aliphatic hydroxyl groups is 1. The van der Waals surface area contributed by atoms with Crippen molar-refractivity contribution in [2.24, 2.45) is 0 Å². The number of nitrogens with one attached hydrogen (secondary N) is 3. The number of H-pyrrole nitrogens is 1. The van der Waals surface area contributed by atoms with Crippen molar-refractivity contribution in [3.63, 3.8) is 0 Å². The van der Waals surface area contributed by atoms with E-state index in [4.69, 9.17) is 0 Å².